The molecule has 2 heteroatoms. The van der Waals surface area contributed by atoms with Crippen molar-refractivity contribution in [3.63, 3.8) is 0 Å². The second-order valence-electron chi connectivity index (χ2n) is 4.15. The molecule has 80 valence electrons. The van der Waals surface area contributed by atoms with Crippen LogP contribution in [0.4, 0.5) is 0 Å². The number of aliphatic carboxylic acids is 1. The maximum atomic E-state index is 10.9. The summed E-state index contributed by atoms with van der Waals surface area (Å²) >= 11 is 0. The highest BCUT2D eigenvalue weighted by molar-refractivity contribution is 5.86. The van der Waals surface area contributed by atoms with E-state index in [1.807, 2.05) is 6.08 Å². The van der Waals surface area contributed by atoms with Crippen molar-refractivity contribution in [2.75, 3.05) is 0 Å². The molecule has 0 amide bonds. The molecule has 0 bridgehead atoms. The Labute approximate surface area is 86.0 Å². The molecular formula is C12H20O2. The van der Waals surface area contributed by atoms with Gasteiger partial charge in [0.1, 0.15) is 0 Å². The lowest BCUT2D eigenvalue weighted by atomic mass is 10.0. The SMILES string of the molecule is CCCC/C(=C/C1CCCC1)C(=O)O. The van der Waals surface area contributed by atoms with Crippen LogP contribution in [0.1, 0.15) is 51.9 Å². The van der Waals surface area contributed by atoms with E-state index >= 15 is 0 Å². The smallest absolute Gasteiger partial charge is 0.331 e. The standard InChI is InChI=1S/C12H20O2/c1-2-3-8-11(12(13)14)9-10-6-4-5-7-10/h9-10H,2-8H2,1H3,(H,13,14)/b11-9-. The zero-order valence-corrected chi connectivity index (χ0v) is 8.96. The van der Waals surface area contributed by atoms with Crippen LogP contribution in [-0.2, 0) is 4.79 Å². The first kappa shape index (κ1) is 11.3. The third-order valence-electron chi connectivity index (χ3n) is 2.91. The summed E-state index contributed by atoms with van der Waals surface area (Å²) in [6.07, 6.45) is 9.70. The van der Waals surface area contributed by atoms with Crippen LogP contribution in [0.15, 0.2) is 11.6 Å². The Balaban J connectivity index is 2.51. The number of carboxylic acid groups (broad SMARTS) is 1. The molecule has 2 nitrogen and oxygen atoms in total. The van der Waals surface area contributed by atoms with Crippen molar-refractivity contribution in [2.24, 2.45) is 5.92 Å². The summed E-state index contributed by atoms with van der Waals surface area (Å²) in [6.45, 7) is 2.09. The van der Waals surface area contributed by atoms with Gasteiger partial charge in [-0.1, -0.05) is 32.3 Å². The van der Waals surface area contributed by atoms with Crippen LogP contribution in [0.2, 0.25) is 0 Å². The van der Waals surface area contributed by atoms with Gasteiger partial charge in [0.2, 0.25) is 0 Å². The van der Waals surface area contributed by atoms with E-state index in [1.165, 1.54) is 25.7 Å². The van der Waals surface area contributed by atoms with E-state index in [4.69, 9.17) is 5.11 Å². The first-order chi connectivity index (χ1) is 6.74. The Hall–Kier alpha value is -0.790. The Morgan fingerprint density at radius 3 is 2.57 bits per heavy atom. The highest BCUT2D eigenvalue weighted by atomic mass is 16.4. The van der Waals surface area contributed by atoms with Gasteiger partial charge in [0.25, 0.3) is 0 Å². The van der Waals surface area contributed by atoms with Gasteiger partial charge in [-0.3, -0.25) is 0 Å². The fourth-order valence-electron chi connectivity index (χ4n) is 2.04. The zero-order valence-electron chi connectivity index (χ0n) is 8.96. The van der Waals surface area contributed by atoms with E-state index in [0.717, 1.165) is 19.3 Å². The van der Waals surface area contributed by atoms with Crippen LogP contribution in [0.25, 0.3) is 0 Å². The molecule has 1 rings (SSSR count). The Morgan fingerprint density at radius 2 is 2.07 bits per heavy atom. The third-order valence-corrected chi connectivity index (χ3v) is 2.91. The molecule has 1 aliphatic rings. The van der Waals surface area contributed by atoms with Gasteiger partial charge in [-0.15, -0.1) is 0 Å². The lowest BCUT2D eigenvalue weighted by Crippen LogP contribution is -2.03. The number of hydrogen-bond acceptors (Lipinski definition) is 1. The maximum Gasteiger partial charge on any atom is 0.331 e. The van der Waals surface area contributed by atoms with Gasteiger partial charge >= 0.3 is 5.97 Å². The van der Waals surface area contributed by atoms with Gasteiger partial charge in [0, 0.05) is 5.57 Å². The minimum absolute atomic E-state index is 0.540. The van der Waals surface area contributed by atoms with Crippen LogP contribution < -0.4 is 0 Å². The van der Waals surface area contributed by atoms with Gasteiger partial charge in [-0.25, -0.2) is 4.79 Å². The van der Waals surface area contributed by atoms with Crippen LogP contribution >= 0.6 is 0 Å². The first-order valence-corrected chi connectivity index (χ1v) is 5.68. The van der Waals surface area contributed by atoms with Crippen molar-refractivity contribution in [1.29, 1.82) is 0 Å². The molecule has 0 saturated heterocycles. The second kappa shape index (κ2) is 5.84. The van der Waals surface area contributed by atoms with Crippen molar-refractivity contribution in [3.8, 4) is 0 Å². The molecule has 0 radical (unpaired) electrons. The number of hydrogen-bond donors (Lipinski definition) is 1. The topological polar surface area (TPSA) is 37.3 Å². The van der Waals surface area contributed by atoms with Crippen LogP contribution in [0, 0.1) is 5.92 Å². The van der Waals surface area contributed by atoms with Gasteiger partial charge in [-0.05, 0) is 31.6 Å². The highest BCUT2D eigenvalue weighted by Gasteiger charge is 2.15. The fourth-order valence-corrected chi connectivity index (χ4v) is 2.04. The predicted molar refractivity (Wildman–Crippen MR) is 57.2 cm³/mol. The molecule has 14 heavy (non-hydrogen) atoms. The minimum Gasteiger partial charge on any atom is -0.478 e. The van der Waals surface area contributed by atoms with E-state index in [1.54, 1.807) is 0 Å². The summed E-state index contributed by atoms with van der Waals surface area (Å²) in [5, 5.41) is 8.99. The van der Waals surface area contributed by atoms with Gasteiger partial charge in [0.05, 0.1) is 0 Å². The van der Waals surface area contributed by atoms with Gasteiger partial charge in [-0.2, -0.15) is 0 Å². The fraction of sp³-hybridized carbons (Fsp3) is 0.750. The monoisotopic (exact) mass is 196 g/mol. The Morgan fingerprint density at radius 1 is 1.43 bits per heavy atom. The number of carbonyl (C=O) groups is 1. The summed E-state index contributed by atoms with van der Waals surface area (Å²) in [5.74, 6) is -0.177. The van der Waals surface area contributed by atoms with Crippen molar-refractivity contribution < 1.29 is 9.90 Å². The lowest BCUT2D eigenvalue weighted by molar-refractivity contribution is -0.132. The Bertz CT molecular complexity index is 212. The molecule has 0 atom stereocenters. The maximum absolute atomic E-state index is 10.9. The molecule has 0 aromatic carbocycles. The van der Waals surface area contributed by atoms with Gasteiger partial charge < -0.3 is 5.11 Å². The van der Waals surface area contributed by atoms with E-state index in [9.17, 15) is 4.79 Å². The quantitative estimate of drug-likeness (QED) is 0.684. The van der Waals surface area contributed by atoms with E-state index in [2.05, 4.69) is 6.92 Å². The van der Waals surface area contributed by atoms with Crippen LogP contribution in [0.3, 0.4) is 0 Å². The van der Waals surface area contributed by atoms with Crippen molar-refractivity contribution in [3.05, 3.63) is 11.6 Å². The molecule has 0 aromatic rings. The number of unbranched alkanes of at least 4 members (excludes halogenated alkanes) is 1. The average Bonchev–Trinajstić information content (AvgIpc) is 2.64. The summed E-state index contributed by atoms with van der Waals surface area (Å²) in [6, 6.07) is 0. The molecule has 1 N–H and O–H groups in total. The third kappa shape index (κ3) is 3.52. The molecule has 0 unspecified atom stereocenters. The second-order valence-corrected chi connectivity index (χ2v) is 4.15. The molecule has 0 spiro atoms. The number of rotatable bonds is 5. The molecule has 0 heterocycles. The van der Waals surface area contributed by atoms with E-state index < -0.39 is 5.97 Å². The highest BCUT2D eigenvalue weighted by Crippen LogP contribution is 2.27. The van der Waals surface area contributed by atoms with Crippen molar-refractivity contribution >= 4 is 5.97 Å². The number of carboxylic acids is 1. The lowest BCUT2D eigenvalue weighted by Gasteiger charge is -2.05. The van der Waals surface area contributed by atoms with E-state index in [0.29, 0.717) is 11.5 Å². The summed E-state index contributed by atoms with van der Waals surface area (Å²) in [7, 11) is 0. The molecule has 0 aliphatic heterocycles. The normalized spacial score (nSPS) is 18.8. The minimum atomic E-state index is -0.717. The zero-order chi connectivity index (χ0) is 10.4. The Kier molecular flexibility index (Phi) is 4.71. The molecule has 1 fully saturated rings. The first-order valence-electron chi connectivity index (χ1n) is 5.68. The van der Waals surface area contributed by atoms with Crippen LogP contribution in [-0.4, -0.2) is 11.1 Å². The van der Waals surface area contributed by atoms with Crippen molar-refractivity contribution in [1.82, 2.24) is 0 Å². The summed E-state index contributed by atoms with van der Waals surface area (Å²) in [4.78, 5) is 10.9. The summed E-state index contributed by atoms with van der Waals surface area (Å²) in [5.41, 5.74) is 0.638. The number of allylic oxidation sites excluding steroid dienone is 1. The van der Waals surface area contributed by atoms with Gasteiger partial charge in [0.15, 0.2) is 0 Å². The van der Waals surface area contributed by atoms with Crippen LogP contribution in [0.5, 0.6) is 0 Å². The average molecular weight is 196 g/mol. The largest absolute Gasteiger partial charge is 0.478 e. The molecular weight excluding hydrogens is 176 g/mol. The van der Waals surface area contributed by atoms with Crippen molar-refractivity contribution in [2.45, 2.75) is 51.9 Å². The molecule has 0 aromatic heterocycles. The molecule has 1 aliphatic carbocycles. The summed E-state index contributed by atoms with van der Waals surface area (Å²) < 4.78 is 0. The molecule has 1 saturated carbocycles. The predicted octanol–water partition coefficient (Wildman–Crippen LogP) is 3.38. The van der Waals surface area contributed by atoms with E-state index in [-0.39, 0.29) is 0 Å².